The van der Waals surface area contributed by atoms with E-state index >= 15 is 0 Å². The molecular formula is C14H20N2O6S. The first-order valence-corrected chi connectivity index (χ1v) is 8.56. The molecule has 0 heterocycles. The van der Waals surface area contributed by atoms with Gasteiger partial charge in [0.1, 0.15) is 5.60 Å². The molecule has 0 saturated heterocycles. The minimum absolute atomic E-state index is 0.280. The number of rotatable bonds is 5. The highest BCUT2D eigenvalue weighted by molar-refractivity contribution is 7.92. The molecule has 0 bridgehead atoms. The lowest BCUT2D eigenvalue weighted by Gasteiger charge is -2.22. The molecule has 1 aromatic rings. The molecule has 1 atom stereocenters. The fraction of sp³-hybridized carbons (Fsp3) is 0.429. The third kappa shape index (κ3) is 7.00. The van der Waals surface area contributed by atoms with Crippen molar-refractivity contribution in [1.29, 1.82) is 0 Å². The van der Waals surface area contributed by atoms with Gasteiger partial charge in [0.25, 0.3) is 0 Å². The Kier molecular flexibility index (Phi) is 5.60. The van der Waals surface area contributed by atoms with Gasteiger partial charge in [0, 0.05) is 5.69 Å². The van der Waals surface area contributed by atoms with Crippen LogP contribution in [0.3, 0.4) is 0 Å². The van der Waals surface area contributed by atoms with Gasteiger partial charge in [-0.2, -0.15) is 0 Å². The SMILES string of the molecule is CC(C)(C)OC(=O)N[C@@H](C(=O)O)c1ccc(NS(C)(=O)=O)cc1. The van der Waals surface area contributed by atoms with Crippen molar-refractivity contribution in [3.05, 3.63) is 29.8 Å². The minimum Gasteiger partial charge on any atom is -0.479 e. The Morgan fingerprint density at radius 2 is 1.70 bits per heavy atom. The van der Waals surface area contributed by atoms with Gasteiger partial charge in [-0.05, 0) is 38.5 Å². The number of sulfonamides is 1. The van der Waals surface area contributed by atoms with Crippen molar-refractivity contribution in [1.82, 2.24) is 5.32 Å². The number of amides is 1. The Balaban J connectivity index is 2.90. The summed E-state index contributed by atoms with van der Waals surface area (Å²) in [5.74, 6) is -1.26. The maximum Gasteiger partial charge on any atom is 0.408 e. The van der Waals surface area contributed by atoms with Crippen molar-refractivity contribution in [2.24, 2.45) is 0 Å². The van der Waals surface area contributed by atoms with Crippen molar-refractivity contribution >= 4 is 27.8 Å². The fourth-order valence-electron chi connectivity index (χ4n) is 1.67. The highest BCUT2D eigenvalue weighted by Gasteiger charge is 2.25. The van der Waals surface area contributed by atoms with E-state index in [-0.39, 0.29) is 11.3 Å². The van der Waals surface area contributed by atoms with Gasteiger partial charge < -0.3 is 15.2 Å². The maximum absolute atomic E-state index is 11.7. The fourth-order valence-corrected chi connectivity index (χ4v) is 2.23. The molecule has 0 saturated carbocycles. The molecule has 3 N–H and O–H groups in total. The Bertz CT molecular complexity index is 676. The third-order valence-electron chi connectivity index (χ3n) is 2.46. The van der Waals surface area contributed by atoms with Crippen LogP contribution in [0.25, 0.3) is 0 Å². The second kappa shape index (κ2) is 6.86. The molecule has 0 radical (unpaired) electrons. The van der Waals surface area contributed by atoms with Gasteiger partial charge in [0.2, 0.25) is 10.0 Å². The van der Waals surface area contributed by atoms with E-state index in [1.54, 1.807) is 20.8 Å². The smallest absolute Gasteiger partial charge is 0.408 e. The zero-order valence-corrected chi connectivity index (χ0v) is 14.1. The van der Waals surface area contributed by atoms with Crippen LogP contribution in [-0.2, 0) is 19.6 Å². The minimum atomic E-state index is -3.42. The van der Waals surface area contributed by atoms with Gasteiger partial charge >= 0.3 is 12.1 Å². The Labute approximate surface area is 134 Å². The van der Waals surface area contributed by atoms with Gasteiger partial charge in [0.05, 0.1) is 6.26 Å². The van der Waals surface area contributed by atoms with Crippen molar-refractivity contribution in [3.8, 4) is 0 Å². The molecule has 0 spiro atoms. The summed E-state index contributed by atoms with van der Waals surface area (Å²) in [5.41, 5.74) is -0.184. The van der Waals surface area contributed by atoms with Gasteiger partial charge in [0.15, 0.2) is 6.04 Å². The summed E-state index contributed by atoms with van der Waals surface area (Å²) in [5, 5.41) is 11.5. The quantitative estimate of drug-likeness (QED) is 0.747. The van der Waals surface area contributed by atoms with Gasteiger partial charge in [-0.25, -0.2) is 18.0 Å². The number of hydrogen-bond donors (Lipinski definition) is 3. The molecule has 0 fully saturated rings. The second-order valence-electron chi connectivity index (χ2n) is 5.91. The summed E-state index contributed by atoms with van der Waals surface area (Å²) in [6.07, 6.45) is 0.147. The van der Waals surface area contributed by atoms with E-state index in [4.69, 9.17) is 4.74 Å². The van der Waals surface area contributed by atoms with E-state index in [9.17, 15) is 23.1 Å². The van der Waals surface area contributed by atoms with E-state index in [1.165, 1.54) is 24.3 Å². The lowest BCUT2D eigenvalue weighted by Crippen LogP contribution is -2.38. The topological polar surface area (TPSA) is 122 Å². The molecule has 128 valence electrons. The first kappa shape index (κ1) is 18.8. The summed E-state index contributed by atoms with van der Waals surface area (Å²) in [4.78, 5) is 23.0. The molecule has 0 aliphatic heterocycles. The number of nitrogens with one attached hydrogen (secondary N) is 2. The molecule has 9 heteroatoms. The zero-order valence-electron chi connectivity index (χ0n) is 13.3. The molecular weight excluding hydrogens is 324 g/mol. The normalized spacial score (nSPS) is 13.0. The van der Waals surface area contributed by atoms with Crippen LogP contribution in [0.5, 0.6) is 0 Å². The highest BCUT2D eigenvalue weighted by atomic mass is 32.2. The predicted octanol–water partition coefficient (Wildman–Crippen LogP) is 1.71. The number of carboxylic acids is 1. The van der Waals surface area contributed by atoms with Crippen molar-refractivity contribution in [2.75, 3.05) is 11.0 Å². The first-order valence-electron chi connectivity index (χ1n) is 6.67. The number of ether oxygens (including phenoxy) is 1. The third-order valence-corrected chi connectivity index (χ3v) is 3.06. The van der Waals surface area contributed by atoms with Crippen LogP contribution in [0.15, 0.2) is 24.3 Å². The van der Waals surface area contributed by atoms with Crippen LogP contribution in [0.1, 0.15) is 32.4 Å². The van der Waals surface area contributed by atoms with Crippen LogP contribution in [0, 0.1) is 0 Å². The lowest BCUT2D eigenvalue weighted by molar-refractivity contribution is -0.139. The number of hydrogen-bond acceptors (Lipinski definition) is 5. The Hall–Kier alpha value is -2.29. The number of carboxylic acid groups (broad SMARTS) is 1. The maximum atomic E-state index is 11.7. The van der Waals surface area contributed by atoms with Crippen molar-refractivity contribution in [3.63, 3.8) is 0 Å². The Morgan fingerprint density at radius 3 is 2.09 bits per heavy atom. The summed E-state index contributed by atoms with van der Waals surface area (Å²) in [6, 6.07) is 4.32. The zero-order chi connectivity index (χ0) is 17.8. The molecule has 1 amide bonds. The van der Waals surface area contributed by atoms with Crippen LogP contribution in [0.4, 0.5) is 10.5 Å². The van der Waals surface area contributed by atoms with E-state index in [1.807, 2.05) is 0 Å². The van der Waals surface area contributed by atoms with Crippen LogP contribution < -0.4 is 10.0 Å². The van der Waals surface area contributed by atoms with Gasteiger partial charge in [-0.15, -0.1) is 0 Å². The number of aliphatic carboxylic acids is 1. The number of carbonyl (C=O) groups excluding carboxylic acids is 1. The molecule has 1 rings (SSSR count). The van der Waals surface area contributed by atoms with Crippen LogP contribution in [0.2, 0.25) is 0 Å². The van der Waals surface area contributed by atoms with Crippen LogP contribution in [-0.4, -0.2) is 37.4 Å². The monoisotopic (exact) mass is 344 g/mol. The second-order valence-corrected chi connectivity index (χ2v) is 7.66. The molecule has 1 aromatic carbocycles. The summed E-state index contributed by atoms with van der Waals surface area (Å²) in [7, 11) is -3.42. The van der Waals surface area contributed by atoms with E-state index in [0.29, 0.717) is 0 Å². The summed E-state index contributed by atoms with van der Waals surface area (Å²) >= 11 is 0. The van der Waals surface area contributed by atoms with Crippen LogP contribution >= 0.6 is 0 Å². The predicted molar refractivity (Wildman–Crippen MR) is 84.7 cm³/mol. The van der Waals surface area contributed by atoms with E-state index in [0.717, 1.165) is 6.26 Å². The number of carbonyl (C=O) groups is 2. The molecule has 0 unspecified atom stereocenters. The molecule has 8 nitrogen and oxygen atoms in total. The number of benzene rings is 1. The standard InChI is InChI=1S/C14H20N2O6S/c1-14(2,3)22-13(19)15-11(12(17)18)9-5-7-10(8-6-9)16-23(4,20)21/h5-8,11,16H,1-4H3,(H,15,19)(H,17,18)/t11-/m1/s1. The molecule has 0 aromatic heterocycles. The molecule has 23 heavy (non-hydrogen) atoms. The number of alkyl carbamates (subject to hydrolysis) is 1. The first-order chi connectivity index (χ1) is 10.4. The average molecular weight is 344 g/mol. The summed E-state index contributed by atoms with van der Waals surface area (Å²) in [6.45, 7) is 4.98. The largest absolute Gasteiger partial charge is 0.479 e. The number of anilines is 1. The summed E-state index contributed by atoms with van der Waals surface area (Å²) < 4.78 is 29.5. The van der Waals surface area contributed by atoms with Crippen molar-refractivity contribution < 1.29 is 27.9 Å². The molecule has 0 aliphatic carbocycles. The average Bonchev–Trinajstić information content (AvgIpc) is 2.32. The highest BCUT2D eigenvalue weighted by Crippen LogP contribution is 2.18. The molecule has 0 aliphatic rings. The van der Waals surface area contributed by atoms with Gasteiger partial charge in [-0.1, -0.05) is 12.1 Å². The van der Waals surface area contributed by atoms with E-state index in [2.05, 4.69) is 10.0 Å². The Morgan fingerprint density at radius 1 is 1.17 bits per heavy atom. The van der Waals surface area contributed by atoms with E-state index < -0.39 is 33.7 Å². The lowest BCUT2D eigenvalue weighted by atomic mass is 10.1. The van der Waals surface area contributed by atoms with Gasteiger partial charge in [-0.3, -0.25) is 4.72 Å². The van der Waals surface area contributed by atoms with Crippen molar-refractivity contribution in [2.45, 2.75) is 32.4 Å².